The van der Waals surface area contributed by atoms with Crippen LogP contribution in [0.4, 0.5) is 0 Å². The Morgan fingerprint density at radius 2 is 0.780 bits per heavy atom. The van der Waals surface area contributed by atoms with Crippen LogP contribution >= 0.6 is 0 Å². The molecule has 0 amide bonds. The van der Waals surface area contributed by atoms with Crippen LogP contribution in [0.1, 0.15) is 0 Å². The van der Waals surface area contributed by atoms with Crippen molar-refractivity contribution >= 4 is 87.4 Å². The van der Waals surface area contributed by atoms with Gasteiger partial charge in [0.05, 0.1) is 0 Å². The minimum Gasteiger partial charge on any atom is -0.456 e. The predicted molar refractivity (Wildman–Crippen MR) is 238 cm³/mol. The number of fused-ring (bicyclic) bond motifs is 12. The highest BCUT2D eigenvalue weighted by Crippen LogP contribution is 2.41. The first-order valence-corrected chi connectivity index (χ1v) is 19.7. The van der Waals surface area contributed by atoms with Gasteiger partial charge in [0.25, 0.3) is 0 Å². The molecule has 0 atom stereocenters. The molecule has 0 aliphatic rings. The van der Waals surface area contributed by atoms with Crippen molar-refractivity contribution in [2.75, 3.05) is 0 Å². The molecule has 0 saturated heterocycles. The second-order valence-corrected chi connectivity index (χ2v) is 15.1. The Labute approximate surface area is 335 Å². The number of para-hydroxylation sites is 2. The molecule has 0 fully saturated rings. The van der Waals surface area contributed by atoms with Crippen LogP contribution in [0.5, 0.6) is 0 Å². The van der Waals surface area contributed by atoms with Crippen LogP contribution in [-0.2, 0) is 0 Å². The molecule has 13 rings (SSSR count). The number of nitrogens with zero attached hydrogens (tertiary/aromatic N) is 3. The lowest BCUT2D eigenvalue weighted by molar-refractivity contribution is 0.668. The SMILES string of the molecule is c1ccc2cc(-c3ccc4c(c3)oc3cccc(-c5nc(-c6ccc7ccc8oc9ccccc9c8c7c6)nc(-c6cccc7oc8ccccc8c67)n5)c34)ccc2c1. The van der Waals surface area contributed by atoms with E-state index < -0.39 is 0 Å². The summed E-state index contributed by atoms with van der Waals surface area (Å²) in [4.78, 5) is 15.8. The molecule has 4 aromatic heterocycles. The van der Waals surface area contributed by atoms with Crippen LogP contribution in [-0.4, -0.2) is 15.0 Å². The Morgan fingerprint density at radius 3 is 1.53 bits per heavy atom. The van der Waals surface area contributed by atoms with Gasteiger partial charge in [0.2, 0.25) is 0 Å². The van der Waals surface area contributed by atoms with Crippen LogP contribution < -0.4 is 0 Å². The smallest absolute Gasteiger partial charge is 0.164 e. The van der Waals surface area contributed by atoms with Crippen molar-refractivity contribution in [2.24, 2.45) is 0 Å². The summed E-state index contributed by atoms with van der Waals surface area (Å²) in [5.41, 5.74) is 9.67. The van der Waals surface area contributed by atoms with Crippen molar-refractivity contribution in [1.82, 2.24) is 15.0 Å². The topological polar surface area (TPSA) is 78.1 Å². The zero-order chi connectivity index (χ0) is 38.6. The third-order valence-electron chi connectivity index (χ3n) is 11.7. The molecule has 0 aliphatic heterocycles. The van der Waals surface area contributed by atoms with E-state index in [2.05, 4.69) is 115 Å². The standard InChI is InChI=1S/C53H29N3O3/c1-2-10-32-27-33(21-19-30(32)9-1)34-23-25-38-47(29-34)59-45-18-8-14-40(49(38)45)53-55-51(54-52(56-53)39-13-7-17-44-48(39)36-11-3-5-15-42(36)57-44)35-22-20-31-24-26-46-50(41(31)28-35)37-12-4-6-16-43(37)58-46/h1-29H. The lowest BCUT2D eigenvalue weighted by Crippen LogP contribution is -2.00. The number of benzene rings is 9. The number of hydrogen-bond donors (Lipinski definition) is 0. The number of aromatic nitrogens is 3. The van der Waals surface area contributed by atoms with Crippen molar-refractivity contribution < 1.29 is 13.3 Å². The number of rotatable bonds is 4. The highest BCUT2D eigenvalue weighted by Gasteiger charge is 2.21. The second kappa shape index (κ2) is 12.2. The molecule has 0 N–H and O–H groups in total. The fraction of sp³-hybridized carbons (Fsp3) is 0. The molecule has 4 heterocycles. The summed E-state index contributed by atoms with van der Waals surface area (Å²) >= 11 is 0. The highest BCUT2D eigenvalue weighted by molar-refractivity contribution is 6.19. The van der Waals surface area contributed by atoms with E-state index in [1.165, 1.54) is 10.8 Å². The Morgan fingerprint density at radius 1 is 0.271 bits per heavy atom. The van der Waals surface area contributed by atoms with Crippen LogP contribution in [0.15, 0.2) is 189 Å². The van der Waals surface area contributed by atoms with E-state index in [4.69, 9.17) is 28.2 Å². The fourth-order valence-electron chi connectivity index (χ4n) is 8.95. The maximum Gasteiger partial charge on any atom is 0.164 e. The van der Waals surface area contributed by atoms with Crippen molar-refractivity contribution in [3.63, 3.8) is 0 Å². The maximum atomic E-state index is 6.61. The summed E-state index contributed by atoms with van der Waals surface area (Å²) < 4.78 is 19.2. The summed E-state index contributed by atoms with van der Waals surface area (Å²) in [6.07, 6.45) is 0. The Bertz CT molecular complexity index is 3870. The van der Waals surface area contributed by atoms with Crippen LogP contribution in [0, 0.1) is 0 Å². The first kappa shape index (κ1) is 32.0. The van der Waals surface area contributed by atoms with Gasteiger partial charge in [0.1, 0.15) is 33.5 Å². The van der Waals surface area contributed by atoms with E-state index in [1.54, 1.807) is 0 Å². The molecule has 13 aromatic rings. The summed E-state index contributed by atoms with van der Waals surface area (Å²) in [5.74, 6) is 1.66. The Hall–Kier alpha value is -8.09. The minimum atomic E-state index is 0.550. The number of hydrogen-bond acceptors (Lipinski definition) is 6. The van der Waals surface area contributed by atoms with Gasteiger partial charge >= 0.3 is 0 Å². The van der Waals surface area contributed by atoms with Crippen molar-refractivity contribution in [3.05, 3.63) is 176 Å². The molecule has 59 heavy (non-hydrogen) atoms. The van der Waals surface area contributed by atoms with Gasteiger partial charge < -0.3 is 13.3 Å². The monoisotopic (exact) mass is 755 g/mol. The van der Waals surface area contributed by atoms with Gasteiger partial charge in [-0.05, 0) is 87.3 Å². The summed E-state index contributed by atoms with van der Waals surface area (Å²) in [6, 6.07) is 60.5. The lowest BCUT2D eigenvalue weighted by atomic mass is 9.99. The molecule has 0 saturated carbocycles. The molecule has 0 spiro atoms. The molecule has 6 nitrogen and oxygen atoms in total. The Kier molecular flexibility index (Phi) is 6.63. The van der Waals surface area contributed by atoms with Gasteiger partial charge in [0.15, 0.2) is 17.5 Å². The van der Waals surface area contributed by atoms with Crippen molar-refractivity contribution in [3.8, 4) is 45.3 Å². The van der Waals surface area contributed by atoms with Gasteiger partial charge in [0, 0.05) is 49.0 Å². The average molecular weight is 756 g/mol. The van der Waals surface area contributed by atoms with Gasteiger partial charge in [-0.25, -0.2) is 15.0 Å². The van der Waals surface area contributed by atoms with Crippen LogP contribution in [0.25, 0.3) is 133 Å². The van der Waals surface area contributed by atoms with Crippen molar-refractivity contribution in [2.45, 2.75) is 0 Å². The van der Waals surface area contributed by atoms with E-state index in [-0.39, 0.29) is 0 Å². The summed E-state index contributed by atoms with van der Waals surface area (Å²) in [6.45, 7) is 0. The van der Waals surface area contributed by atoms with E-state index >= 15 is 0 Å². The molecule has 0 unspecified atom stereocenters. The second-order valence-electron chi connectivity index (χ2n) is 15.1. The van der Waals surface area contributed by atoms with Crippen LogP contribution in [0.3, 0.4) is 0 Å². The van der Waals surface area contributed by atoms with E-state index in [0.29, 0.717) is 17.5 Å². The van der Waals surface area contributed by atoms with Gasteiger partial charge in [-0.15, -0.1) is 0 Å². The third-order valence-corrected chi connectivity index (χ3v) is 11.7. The fourth-order valence-corrected chi connectivity index (χ4v) is 8.95. The first-order chi connectivity index (χ1) is 29.2. The van der Waals surface area contributed by atoms with E-state index in [0.717, 1.165) is 104 Å². The average Bonchev–Trinajstić information content (AvgIpc) is 3.99. The van der Waals surface area contributed by atoms with Gasteiger partial charge in [-0.2, -0.15) is 0 Å². The molecule has 0 radical (unpaired) electrons. The van der Waals surface area contributed by atoms with Crippen molar-refractivity contribution in [1.29, 1.82) is 0 Å². The molecular formula is C53H29N3O3. The van der Waals surface area contributed by atoms with Gasteiger partial charge in [-0.1, -0.05) is 121 Å². The predicted octanol–water partition coefficient (Wildman–Crippen LogP) is 14.5. The molecule has 274 valence electrons. The van der Waals surface area contributed by atoms with E-state index in [1.807, 2.05) is 60.7 Å². The largest absolute Gasteiger partial charge is 0.456 e. The number of furan rings is 3. The quantitative estimate of drug-likeness (QED) is 0.178. The zero-order valence-corrected chi connectivity index (χ0v) is 31.3. The summed E-state index contributed by atoms with van der Waals surface area (Å²) in [7, 11) is 0. The third kappa shape index (κ3) is 4.90. The van der Waals surface area contributed by atoms with E-state index in [9.17, 15) is 0 Å². The molecular weight excluding hydrogens is 727 g/mol. The first-order valence-electron chi connectivity index (χ1n) is 19.7. The molecule has 0 aliphatic carbocycles. The summed E-state index contributed by atoms with van der Waals surface area (Å²) in [5, 5.41) is 10.6. The Balaban J connectivity index is 1.05. The van der Waals surface area contributed by atoms with Gasteiger partial charge in [-0.3, -0.25) is 0 Å². The normalized spacial score (nSPS) is 12.1. The zero-order valence-electron chi connectivity index (χ0n) is 31.3. The minimum absolute atomic E-state index is 0.550. The molecule has 6 heteroatoms. The lowest BCUT2D eigenvalue weighted by Gasteiger charge is -2.11. The molecule has 0 bridgehead atoms. The van der Waals surface area contributed by atoms with Crippen LogP contribution in [0.2, 0.25) is 0 Å². The highest BCUT2D eigenvalue weighted by atomic mass is 16.3. The molecule has 9 aromatic carbocycles. The maximum absolute atomic E-state index is 6.61.